The average molecular weight is 267 g/mol. The molecule has 0 aliphatic carbocycles. The first-order valence-electron chi connectivity index (χ1n) is 6.13. The van der Waals surface area contributed by atoms with Crippen molar-refractivity contribution in [2.24, 2.45) is 0 Å². The van der Waals surface area contributed by atoms with E-state index in [2.05, 4.69) is 30.3 Å². The maximum absolute atomic E-state index is 9.66. The van der Waals surface area contributed by atoms with E-state index in [9.17, 15) is 5.11 Å². The molecule has 1 aromatic heterocycles. The number of hydrogen-bond donors (Lipinski definition) is 1. The summed E-state index contributed by atoms with van der Waals surface area (Å²) in [6.07, 6.45) is -0.414. The lowest BCUT2D eigenvalue weighted by atomic mass is 9.95. The molecule has 1 N–H and O–H groups in total. The summed E-state index contributed by atoms with van der Waals surface area (Å²) >= 11 is 6.05. The molecule has 1 aromatic carbocycles. The van der Waals surface area contributed by atoms with E-state index in [1.807, 2.05) is 18.2 Å². The van der Waals surface area contributed by atoms with E-state index in [1.54, 1.807) is 6.92 Å². The highest BCUT2D eigenvalue weighted by Crippen LogP contribution is 2.28. The molecular weight excluding hydrogens is 248 g/mol. The first-order chi connectivity index (χ1) is 8.29. The fraction of sp³-hybridized carbons (Fsp3) is 0.500. The lowest BCUT2D eigenvalue weighted by Gasteiger charge is -2.21. The van der Waals surface area contributed by atoms with E-state index < -0.39 is 6.10 Å². The Bertz CT molecular complexity index is 567. The smallest absolute Gasteiger partial charge is 0.115 e. The van der Waals surface area contributed by atoms with Gasteiger partial charge in [0.1, 0.15) is 5.82 Å². The van der Waals surface area contributed by atoms with Crippen molar-refractivity contribution in [3.63, 3.8) is 0 Å². The van der Waals surface area contributed by atoms with Crippen LogP contribution in [0.3, 0.4) is 0 Å². The summed E-state index contributed by atoms with van der Waals surface area (Å²) < 4.78 is 2.06. The van der Waals surface area contributed by atoms with Gasteiger partial charge in [0, 0.05) is 10.4 Å². The Morgan fingerprint density at radius 2 is 2.06 bits per heavy atom. The lowest BCUT2D eigenvalue weighted by Crippen LogP contribution is -2.22. The van der Waals surface area contributed by atoms with Crippen LogP contribution in [0.4, 0.5) is 0 Å². The first-order valence-corrected chi connectivity index (χ1v) is 6.51. The molecule has 0 radical (unpaired) electrons. The van der Waals surface area contributed by atoms with Crippen molar-refractivity contribution in [2.75, 3.05) is 0 Å². The zero-order valence-corrected chi connectivity index (χ0v) is 12.0. The van der Waals surface area contributed by atoms with Crippen LogP contribution in [0.25, 0.3) is 11.0 Å². The highest BCUT2D eigenvalue weighted by atomic mass is 35.5. The third-order valence-electron chi connectivity index (χ3n) is 2.83. The minimum atomic E-state index is -0.414. The number of benzene rings is 1. The molecule has 0 aliphatic heterocycles. The molecule has 18 heavy (non-hydrogen) atoms. The maximum Gasteiger partial charge on any atom is 0.115 e. The summed E-state index contributed by atoms with van der Waals surface area (Å²) in [6, 6.07) is 5.67. The Hall–Kier alpha value is -1.06. The van der Waals surface area contributed by atoms with Crippen LogP contribution in [0.1, 0.15) is 33.5 Å². The van der Waals surface area contributed by atoms with Crippen molar-refractivity contribution in [1.29, 1.82) is 0 Å². The third-order valence-corrected chi connectivity index (χ3v) is 3.06. The van der Waals surface area contributed by atoms with Gasteiger partial charge in [0.15, 0.2) is 0 Å². The number of halogens is 1. The van der Waals surface area contributed by atoms with Gasteiger partial charge in [-0.25, -0.2) is 4.98 Å². The predicted octanol–water partition coefficient (Wildman–Crippen LogP) is 3.37. The summed E-state index contributed by atoms with van der Waals surface area (Å²) in [4.78, 5) is 4.67. The molecule has 0 saturated carbocycles. The minimum Gasteiger partial charge on any atom is -0.392 e. The van der Waals surface area contributed by atoms with Gasteiger partial charge in [0.25, 0.3) is 0 Å². The monoisotopic (exact) mass is 266 g/mol. The normalized spacial score (nSPS) is 14.1. The van der Waals surface area contributed by atoms with Crippen LogP contribution in [-0.2, 0) is 12.0 Å². The molecular formula is C14H19ClN2O. The Kier molecular flexibility index (Phi) is 3.39. The van der Waals surface area contributed by atoms with Crippen LogP contribution >= 0.6 is 11.6 Å². The molecule has 2 rings (SSSR count). The molecule has 1 heterocycles. The van der Waals surface area contributed by atoms with Crippen LogP contribution in [0.5, 0.6) is 0 Å². The standard InChI is InChI=1S/C14H19ClN2O/c1-9(18)8-17-12-7-10(15)5-6-11(12)16-13(17)14(2,3)4/h5-7,9,18H,8H2,1-4H3. The Labute approximate surface area is 112 Å². The molecule has 3 nitrogen and oxygen atoms in total. The largest absolute Gasteiger partial charge is 0.392 e. The van der Waals surface area contributed by atoms with Crippen LogP contribution in [0.15, 0.2) is 18.2 Å². The van der Waals surface area contributed by atoms with E-state index in [1.165, 1.54) is 0 Å². The molecule has 0 saturated heterocycles. The van der Waals surface area contributed by atoms with Gasteiger partial charge in [-0.1, -0.05) is 32.4 Å². The zero-order chi connectivity index (χ0) is 13.5. The number of hydrogen-bond acceptors (Lipinski definition) is 2. The first kappa shape index (κ1) is 13.4. The van der Waals surface area contributed by atoms with E-state index in [4.69, 9.17) is 11.6 Å². The van der Waals surface area contributed by atoms with Gasteiger partial charge in [-0.15, -0.1) is 0 Å². The summed E-state index contributed by atoms with van der Waals surface area (Å²) in [5.74, 6) is 0.973. The maximum atomic E-state index is 9.66. The molecule has 4 heteroatoms. The second-order valence-corrected chi connectivity index (χ2v) is 6.21. The second kappa shape index (κ2) is 4.56. The van der Waals surface area contributed by atoms with Crippen molar-refractivity contribution >= 4 is 22.6 Å². The fourth-order valence-corrected chi connectivity index (χ4v) is 2.28. The van der Waals surface area contributed by atoms with Crippen molar-refractivity contribution < 1.29 is 5.11 Å². The highest BCUT2D eigenvalue weighted by Gasteiger charge is 2.23. The van der Waals surface area contributed by atoms with Gasteiger partial charge in [-0.2, -0.15) is 0 Å². The lowest BCUT2D eigenvalue weighted by molar-refractivity contribution is 0.172. The van der Waals surface area contributed by atoms with Crippen molar-refractivity contribution in [2.45, 2.75) is 45.8 Å². The van der Waals surface area contributed by atoms with E-state index in [0.29, 0.717) is 11.6 Å². The molecule has 0 aliphatic rings. The van der Waals surface area contributed by atoms with Crippen molar-refractivity contribution in [3.05, 3.63) is 29.0 Å². The topological polar surface area (TPSA) is 38.0 Å². The zero-order valence-electron chi connectivity index (χ0n) is 11.2. The second-order valence-electron chi connectivity index (χ2n) is 5.78. The summed E-state index contributed by atoms with van der Waals surface area (Å²) in [7, 11) is 0. The molecule has 0 spiro atoms. The van der Waals surface area contributed by atoms with Crippen LogP contribution in [-0.4, -0.2) is 20.8 Å². The van der Waals surface area contributed by atoms with Gasteiger partial charge in [0.05, 0.1) is 23.7 Å². The van der Waals surface area contributed by atoms with E-state index in [0.717, 1.165) is 16.9 Å². The van der Waals surface area contributed by atoms with Crippen LogP contribution < -0.4 is 0 Å². The van der Waals surface area contributed by atoms with Crippen molar-refractivity contribution in [1.82, 2.24) is 9.55 Å². The number of aromatic nitrogens is 2. The predicted molar refractivity (Wildman–Crippen MR) is 75.1 cm³/mol. The molecule has 0 bridgehead atoms. The minimum absolute atomic E-state index is 0.0691. The third kappa shape index (κ3) is 2.52. The van der Waals surface area contributed by atoms with Crippen LogP contribution in [0, 0.1) is 0 Å². The Balaban J connectivity index is 2.69. The molecule has 2 aromatic rings. The number of imidazole rings is 1. The Morgan fingerprint density at radius 1 is 1.39 bits per heavy atom. The average Bonchev–Trinajstić information content (AvgIpc) is 2.56. The van der Waals surface area contributed by atoms with Gasteiger partial charge >= 0.3 is 0 Å². The summed E-state index contributed by atoms with van der Waals surface area (Å²) in [5, 5.41) is 10.4. The number of aliphatic hydroxyl groups is 1. The molecule has 0 amide bonds. The molecule has 1 atom stereocenters. The van der Waals surface area contributed by atoms with E-state index in [-0.39, 0.29) is 5.41 Å². The number of rotatable bonds is 2. The molecule has 98 valence electrons. The highest BCUT2D eigenvalue weighted by molar-refractivity contribution is 6.31. The summed E-state index contributed by atoms with van der Waals surface area (Å²) in [6.45, 7) is 8.67. The number of fused-ring (bicyclic) bond motifs is 1. The SMILES string of the molecule is CC(O)Cn1c(C(C)(C)C)nc2ccc(Cl)cc21. The fourth-order valence-electron chi connectivity index (χ4n) is 2.12. The Morgan fingerprint density at radius 3 is 2.61 bits per heavy atom. The van der Waals surface area contributed by atoms with Gasteiger partial charge in [0.2, 0.25) is 0 Å². The van der Waals surface area contributed by atoms with Gasteiger partial charge in [-0.05, 0) is 25.1 Å². The molecule has 1 unspecified atom stereocenters. The molecule has 0 fully saturated rings. The van der Waals surface area contributed by atoms with Gasteiger partial charge < -0.3 is 9.67 Å². The number of aliphatic hydroxyl groups excluding tert-OH is 1. The van der Waals surface area contributed by atoms with Gasteiger partial charge in [-0.3, -0.25) is 0 Å². The number of nitrogens with zero attached hydrogens (tertiary/aromatic N) is 2. The summed E-state index contributed by atoms with van der Waals surface area (Å²) in [5.41, 5.74) is 1.83. The van der Waals surface area contributed by atoms with Crippen LogP contribution in [0.2, 0.25) is 5.02 Å². The van der Waals surface area contributed by atoms with Crippen molar-refractivity contribution in [3.8, 4) is 0 Å². The van der Waals surface area contributed by atoms with E-state index >= 15 is 0 Å². The quantitative estimate of drug-likeness (QED) is 0.905.